The molecule has 24 heavy (non-hydrogen) atoms. The van der Waals surface area contributed by atoms with Crippen LogP contribution in [0.2, 0.25) is 0 Å². The fourth-order valence-corrected chi connectivity index (χ4v) is 4.70. The molecule has 0 bridgehead atoms. The molecule has 1 aromatic heterocycles. The van der Waals surface area contributed by atoms with Crippen LogP contribution in [-0.2, 0) is 11.0 Å². The number of anilines is 1. The van der Waals surface area contributed by atoms with Crippen LogP contribution in [0.15, 0.2) is 23.4 Å². The number of aromatic nitrogens is 1. The van der Waals surface area contributed by atoms with E-state index in [-0.39, 0.29) is 0 Å². The first-order valence-electron chi connectivity index (χ1n) is 8.92. The maximum absolute atomic E-state index is 12.8. The molecule has 1 saturated heterocycles. The number of thiocarbonyl (C=S) groups is 1. The summed E-state index contributed by atoms with van der Waals surface area (Å²) in [6, 6.07) is 2.37. The Labute approximate surface area is 152 Å². The molecular formula is C17H26N4OS2. The van der Waals surface area contributed by atoms with Gasteiger partial charge in [-0.2, -0.15) is 0 Å². The molecule has 1 saturated carbocycles. The second-order valence-corrected chi connectivity index (χ2v) is 8.14. The fraction of sp³-hybridized carbons (Fsp3) is 0.647. The maximum Gasteiger partial charge on any atom is 0.181 e. The van der Waals surface area contributed by atoms with Crippen molar-refractivity contribution in [2.75, 3.05) is 18.4 Å². The Bertz CT molecular complexity index is 584. The third-order valence-corrected chi connectivity index (χ3v) is 6.37. The van der Waals surface area contributed by atoms with Crippen molar-refractivity contribution in [1.29, 1.82) is 0 Å². The lowest BCUT2D eigenvalue weighted by molar-refractivity contribution is 0.342. The molecule has 0 aromatic carbocycles. The lowest BCUT2D eigenvalue weighted by Crippen LogP contribution is -2.43. The van der Waals surface area contributed by atoms with Gasteiger partial charge in [0.05, 0.1) is 5.69 Å². The van der Waals surface area contributed by atoms with Crippen LogP contribution in [-0.4, -0.2) is 38.3 Å². The van der Waals surface area contributed by atoms with E-state index in [1.54, 1.807) is 12.4 Å². The number of likely N-dealkylation sites (tertiary alicyclic amines) is 1. The quantitative estimate of drug-likeness (QED) is 0.802. The van der Waals surface area contributed by atoms with Crippen molar-refractivity contribution in [1.82, 2.24) is 14.6 Å². The Hall–Kier alpha value is -1.21. The SMILES string of the molecule is O=S(NC(=S)N1CCCCC1)c1cnccc1NC1CCCCC1. The maximum atomic E-state index is 12.8. The molecule has 2 aliphatic rings. The summed E-state index contributed by atoms with van der Waals surface area (Å²) in [6.45, 7) is 1.90. The Balaban J connectivity index is 1.64. The van der Waals surface area contributed by atoms with Gasteiger partial charge in [0.1, 0.15) is 4.90 Å². The highest BCUT2D eigenvalue weighted by Crippen LogP contribution is 2.24. The first-order chi connectivity index (χ1) is 11.7. The van der Waals surface area contributed by atoms with Crippen molar-refractivity contribution in [3.8, 4) is 0 Å². The molecule has 0 radical (unpaired) electrons. The van der Waals surface area contributed by atoms with Crippen LogP contribution < -0.4 is 10.0 Å². The van der Waals surface area contributed by atoms with Gasteiger partial charge in [0.2, 0.25) is 0 Å². The van der Waals surface area contributed by atoms with E-state index in [4.69, 9.17) is 12.2 Å². The summed E-state index contributed by atoms with van der Waals surface area (Å²) in [7, 11) is -1.39. The van der Waals surface area contributed by atoms with Gasteiger partial charge in [-0.05, 0) is 50.4 Å². The number of rotatable bonds is 4. The van der Waals surface area contributed by atoms with Gasteiger partial charge in [-0.3, -0.25) is 9.71 Å². The Morgan fingerprint density at radius 1 is 1.17 bits per heavy atom. The lowest BCUT2D eigenvalue weighted by Gasteiger charge is -2.29. The van der Waals surface area contributed by atoms with Gasteiger partial charge in [0.15, 0.2) is 16.1 Å². The predicted octanol–water partition coefficient (Wildman–Crippen LogP) is 3.21. The highest BCUT2D eigenvalue weighted by atomic mass is 32.2. The Morgan fingerprint density at radius 2 is 1.88 bits per heavy atom. The standard InChI is InChI=1S/C17H26N4OS2/c22-24(20-17(23)21-11-5-2-6-12-21)16-13-18-10-9-15(16)19-14-7-3-1-4-8-14/h9-10,13-14H,1-8,11-12H2,(H,18,19)(H,20,23). The summed E-state index contributed by atoms with van der Waals surface area (Å²) in [6.07, 6.45) is 13.2. The average molecular weight is 367 g/mol. The molecule has 1 aliphatic carbocycles. The van der Waals surface area contributed by atoms with Gasteiger partial charge in [0, 0.05) is 31.5 Å². The highest BCUT2D eigenvalue weighted by Gasteiger charge is 2.19. The molecule has 1 atom stereocenters. The minimum Gasteiger partial charge on any atom is -0.381 e. The van der Waals surface area contributed by atoms with Crippen molar-refractivity contribution in [2.45, 2.75) is 62.3 Å². The van der Waals surface area contributed by atoms with Crippen LogP contribution >= 0.6 is 12.2 Å². The minimum atomic E-state index is -1.39. The van der Waals surface area contributed by atoms with E-state index in [1.807, 2.05) is 6.07 Å². The van der Waals surface area contributed by atoms with E-state index in [0.29, 0.717) is 16.0 Å². The van der Waals surface area contributed by atoms with Crippen LogP contribution in [0.3, 0.4) is 0 Å². The van der Waals surface area contributed by atoms with Gasteiger partial charge in [-0.25, -0.2) is 4.21 Å². The van der Waals surface area contributed by atoms with E-state index in [1.165, 1.54) is 38.5 Å². The number of piperidine rings is 1. The molecule has 2 fully saturated rings. The molecule has 5 nitrogen and oxygen atoms in total. The van der Waals surface area contributed by atoms with Crippen molar-refractivity contribution in [3.05, 3.63) is 18.5 Å². The third kappa shape index (κ3) is 4.66. The summed E-state index contributed by atoms with van der Waals surface area (Å²) in [5.74, 6) is 0. The fourth-order valence-electron chi connectivity index (χ4n) is 3.41. The van der Waals surface area contributed by atoms with Gasteiger partial charge in [0.25, 0.3) is 0 Å². The number of pyridine rings is 1. The van der Waals surface area contributed by atoms with Gasteiger partial charge in [-0.15, -0.1) is 0 Å². The average Bonchev–Trinajstić information content (AvgIpc) is 2.63. The molecule has 132 valence electrons. The van der Waals surface area contributed by atoms with Crippen molar-refractivity contribution >= 4 is 34.0 Å². The molecule has 1 unspecified atom stereocenters. The summed E-state index contributed by atoms with van der Waals surface area (Å²) >= 11 is 5.44. The number of nitrogens with zero attached hydrogens (tertiary/aromatic N) is 2. The number of hydrogen-bond acceptors (Lipinski definition) is 4. The van der Waals surface area contributed by atoms with Gasteiger partial charge < -0.3 is 10.2 Å². The first kappa shape index (κ1) is 17.6. The van der Waals surface area contributed by atoms with Crippen LogP contribution in [0.5, 0.6) is 0 Å². The normalized spacial score (nSPS) is 20.4. The van der Waals surface area contributed by atoms with E-state index < -0.39 is 11.0 Å². The van der Waals surface area contributed by atoms with Crippen LogP contribution in [0.4, 0.5) is 5.69 Å². The number of hydrogen-bond donors (Lipinski definition) is 2. The minimum absolute atomic E-state index is 0.464. The molecule has 1 aromatic rings. The summed E-state index contributed by atoms with van der Waals surface area (Å²) in [4.78, 5) is 6.94. The van der Waals surface area contributed by atoms with Gasteiger partial charge in [-0.1, -0.05) is 19.3 Å². The summed E-state index contributed by atoms with van der Waals surface area (Å²) in [5.41, 5.74) is 0.907. The molecular weight excluding hydrogens is 340 g/mol. The molecule has 2 N–H and O–H groups in total. The zero-order valence-corrected chi connectivity index (χ0v) is 15.6. The lowest BCUT2D eigenvalue weighted by atomic mass is 9.95. The first-order valence-corrected chi connectivity index (χ1v) is 10.5. The molecule has 1 aliphatic heterocycles. The van der Waals surface area contributed by atoms with Crippen molar-refractivity contribution < 1.29 is 4.21 Å². The molecule has 2 heterocycles. The molecule has 7 heteroatoms. The van der Waals surface area contributed by atoms with E-state index in [9.17, 15) is 4.21 Å². The van der Waals surface area contributed by atoms with E-state index in [0.717, 1.165) is 31.6 Å². The largest absolute Gasteiger partial charge is 0.381 e. The van der Waals surface area contributed by atoms with Crippen LogP contribution in [0, 0.1) is 0 Å². The zero-order valence-electron chi connectivity index (χ0n) is 14.0. The second kappa shape index (κ2) is 8.76. The monoisotopic (exact) mass is 366 g/mol. The van der Waals surface area contributed by atoms with E-state index >= 15 is 0 Å². The van der Waals surface area contributed by atoms with E-state index in [2.05, 4.69) is 19.9 Å². The Kier molecular flexibility index (Phi) is 6.43. The van der Waals surface area contributed by atoms with Gasteiger partial charge >= 0.3 is 0 Å². The second-order valence-electron chi connectivity index (χ2n) is 6.57. The Morgan fingerprint density at radius 3 is 2.62 bits per heavy atom. The predicted molar refractivity (Wildman–Crippen MR) is 102 cm³/mol. The third-order valence-electron chi connectivity index (χ3n) is 4.77. The summed E-state index contributed by atoms with van der Waals surface area (Å²) in [5, 5.41) is 4.14. The van der Waals surface area contributed by atoms with Crippen LogP contribution in [0.25, 0.3) is 0 Å². The zero-order chi connectivity index (χ0) is 16.8. The smallest absolute Gasteiger partial charge is 0.181 e. The van der Waals surface area contributed by atoms with Crippen molar-refractivity contribution in [3.63, 3.8) is 0 Å². The van der Waals surface area contributed by atoms with Crippen molar-refractivity contribution in [2.24, 2.45) is 0 Å². The topological polar surface area (TPSA) is 57.3 Å². The molecule has 3 rings (SSSR count). The summed E-state index contributed by atoms with van der Waals surface area (Å²) < 4.78 is 15.8. The number of nitrogens with one attached hydrogen (secondary N) is 2. The highest BCUT2D eigenvalue weighted by molar-refractivity contribution is 7.87. The van der Waals surface area contributed by atoms with Crippen LogP contribution in [0.1, 0.15) is 51.4 Å². The molecule has 0 amide bonds. The molecule has 0 spiro atoms.